The normalized spacial score (nSPS) is 14.8. The minimum Gasteiger partial charge on any atom is -0.495 e. The number of anilines is 5. The number of aliphatic hydroxyl groups is 1. The van der Waals surface area contributed by atoms with Crippen LogP contribution in [0, 0.1) is 62.6 Å². The summed E-state index contributed by atoms with van der Waals surface area (Å²) in [6, 6.07) is 20.4. The highest BCUT2D eigenvalue weighted by molar-refractivity contribution is 6.32. The number of ether oxygens (including phenoxy) is 2. The number of fused-ring (bicyclic) bond motifs is 5. The van der Waals surface area contributed by atoms with Crippen molar-refractivity contribution in [3.63, 3.8) is 0 Å². The number of alkyl halides is 15. The SMILES string of the molecule is CC[C@@H](C)Nc1ncc(C#N)c(-c2c[nH]c3ncc(C(F)(F)F)cc23)n1.COCC(C)Nc1ncc(C#N)c(-c2c[nH]c3ncc(C(F)(F)F)cc23)n1.COc1ccc(C(C)Nc2ncc(C#N)c(-c3c[nH]c4ncc(C(F)(F)F)cc34)n2)cc1Cl.N#Cc1cnc(NCC2CC[C@@H](O)C2)nc1-c1c[nH]c2ncc(C(F)(F)F)cc12.N#Cc1cnc(NCCC2CCCN2)nc1-c1c[nH]c2ncc(C(F)(F)F)cc12. The average molecular weight is 2010 g/mol. The number of aromatic nitrogens is 20. The van der Waals surface area contributed by atoms with Gasteiger partial charge < -0.3 is 71.4 Å². The lowest BCUT2D eigenvalue weighted by atomic mass is 10.1. The number of halogens is 16. The Kier molecular flexibility index (Phi) is 31.6. The van der Waals surface area contributed by atoms with Gasteiger partial charge in [-0.3, -0.25) is 0 Å². The highest BCUT2D eigenvalue weighted by atomic mass is 35.5. The third kappa shape index (κ3) is 24.5. The number of methoxy groups -OCH3 is 2. The zero-order valence-corrected chi connectivity index (χ0v) is 77.0. The van der Waals surface area contributed by atoms with Crippen LogP contribution in [0.15, 0.2) is 141 Å². The second kappa shape index (κ2) is 44.1. The molecule has 742 valence electrons. The van der Waals surface area contributed by atoms with E-state index in [1.807, 2.05) is 64.1 Å². The summed E-state index contributed by atoms with van der Waals surface area (Å²) in [7, 11) is 3.08. The lowest BCUT2D eigenvalue weighted by Gasteiger charge is -2.16. The van der Waals surface area contributed by atoms with Gasteiger partial charge >= 0.3 is 30.9 Å². The molecular weight excluding hydrogens is 1930 g/mol. The molecule has 1 saturated carbocycles. The molecular formula is C94H81ClF15N31O3. The van der Waals surface area contributed by atoms with Gasteiger partial charge in [-0.1, -0.05) is 24.6 Å². The topological polar surface area (TPSA) is 502 Å². The van der Waals surface area contributed by atoms with Crippen LogP contribution in [0.2, 0.25) is 5.02 Å². The fourth-order valence-electron chi connectivity index (χ4n) is 15.4. The fourth-order valence-corrected chi connectivity index (χ4v) is 15.7. The van der Waals surface area contributed by atoms with E-state index in [1.165, 1.54) is 69.1 Å². The van der Waals surface area contributed by atoms with Gasteiger partial charge in [-0.25, -0.2) is 74.8 Å². The molecule has 1 aliphatic carbocycles. The smallest absolute Gasteiger partial charge is 0.417 e. The Morgan fingerprint density at radius 2 is 0.764 bits per heavy atom. The molecule has 0 spiro atoms. The molecule has 2 fully saturated rings. The number of nitrogens with zero attached hydrogens (tertiary/aromatic N) is 20. The zero-order valence-electron chi connectivity index (χ0n) is 76.3. The highest BCUT2D eigenvalue weighted by Crippen LogP contribution is 2.43. The van der Waals surface area contributed by atoms with Crippen LogP contribution < -0.4 is 36.6 Å². The summed E-state index contributed by atoms with van der Waals surface area (Å²) in [4.78, 5) is 75.7. The van der Waals surface area contributed by atoms with E-state index in [1.54, 1.807) is 19.2 Å². The van der Waals surface area contributed by atoms with Crippen molar-refractivity contribution in [1.29, 1.82) is 26.3 Å². The first kappa shape index (κ1) is 103. The van der Waals surface area contributed by atoms with E-state index >= 15 is 0 Å². The molecule has 4 unspecified atom stereocenters. The maximum Gasteiger partial charge on any atom is 0.417 e. The molecule has 6 atom stereocenters. The third-order valence-electron chi connectivity index (χ3n) is 22.9. The summed E-state index contributed by atoms with van der Waals surface area (Å²) in [6.45, 7) is 10.3. The van der Waals surface area contributed by atoms with Crippen molar-refractivity contribution in [3.8, 4) is 92.4 Å². The first-order valence-corrected chi connectivity index (χ1v) is 44.2. The number of pyridine rings is 5. The summed E-state index contributed by atoms with van der Waals surface area (Å²) in [5.74, 6) is 2.17. The van der Waals surface area contributed by atoms with Gasteiger partial charge in [0.05, 0.1) is 146 Å². The summed E-state index contributed by atoms with van der Waals surface area (Å²) in [6.07, 6.45) is 1.42. The molecule has 144 heavy (non-hydrogen) atoms. The number of nitrogens with one attached hydrogen (secondary N) is 11. The summed E-state index contributed by atoms with van der Waals surface area (Å²) < 4.78 is 206. The molecule has 18 rings (SSSR count). The molecule has 0 bridgehead atoms. The van der Waals surface area contributed by atoms with Crippen LogP contribution in [0.3, 0.4) is 0 Å². The molecule has 15 aromatic heterocycles. The van der Waals surface area contributed by atoms with E-state index in [0.717, 1.165) is 112 Å². The van der Waals surface area contributed by atoms with E-state index in [-0.39, 0.29) is 154 Å². The minimum atomic E-state index is -4.55. The van der Waals surface area contributed by atoms with Crippen LogP contribution in [0.4, 0.5) is 95.6 Å². The molecule has 1 saturated heterocycles. The molecule has 0 amide bonds. The minimum absolute atomic E-state index is 0.0998. The quantitative estimate of drug-likeness (QED) is 0.0265. The number of H-pyrrole nitrogens is 5. The third-order valence-corrected chi connectivity index (χ3v) is 23.2. The van der Waals surface area contributed by atoms with E-state index in [4.69, 9.17) is 21.1 Å². The molecule has 16 heterocycles. The van der Waals surface area contributed by atoms with Crippen molar-refractivity contribution in [2.45, 2.75) is 134 Å². The number of aliphatic hydroxyl groups excluding tert-OH is 1. The molecule has 12 N–H and O–H groups in total. The average Bonchev–Trinajstić information content (AvgIpc) is 1.63. The lowest BCUT2D eigenvalue weighted by molar-refractivity contribution is -0.138. The van der Waals surface area contributed by atoms with E-state index in [9.17, 15) is 97.3 Å². The number of nitriles is 5. The van der Waals surface area contributed by atoms with Gasteiger partial charge in [-0.05, 0) is 126 Å². The Balaban J connectivity index is 0.000000143. The fraction of sp³-hybridized carbons (Fsp3) is 0.298. The Hall–Kier alpha value is -16.6. The first-order valence-electron chi connectivity index (χ1n) is 43.8. The van der Waals surface area contributed by atoms with Crippen molar-refractivity contribution in [1.82, 2.24) is 105 Å². The van der Waals surface area contributed by atoms with Crippen LogP contribution in [-0.2, 0) is 35.6 Å². The van der Waals surface area contributed by atoms with Crippen molar-refractivity contribution in [2.24, 2.45) is 5.92 Å². The largest absolute Gasteiger partial charge is 0.495 e. The molecule has 1 aromatic carbocycles. The maximum absolute atomic E-state index is 13.2. The molecule has 2 aliphatic rings. The Bertz CT molecular complexity index is 7570. The molecule has 16 aromatic rings. The Morgan fingerprint density at radius 3 is 1.06 bits per heavy atom. The Labute approximate surface area is 811 Å². The number of hydrogen-bond donors (Lipinski definition) is 12. The van der Waals surface area contributed by atoms with Crippen molar-refractivity contribution in [2.75, 3.05) is 67.0 Å². The van der Waals surface area contributed by atoms with Crippen molar-refractivity contribution in [3.05, 3.63) is 208 Å². The number of benzene rings is 1. The van der Waals surface area contributed by atoms with Crippen molar-refractivity contribution >= 4 is 96.5 Å². The Morgan fingerprint density at radius 1 is 0.431 bits per heavy atom. The second-order valence-electron chi connectivity index (χ2n) is 32.9. The summed E-state index contributed by atoms with van der Waals surface area (Å²) >= 11 is 6.20. The standard InChI is InChI=1S/C22H16ClF3N6O.C19H18F3N7.C19H17F3N6O.C17H15F3N6O.C17H15F3N6/c1-11(12-3-4-18(33-2)17(23)5-12)31-21-30-8-13(7-27)19(32-21)16-10-29-20-15(16)6-14(9-28-20)22(24,25)26;20-19(21,22)12-6-14-15(10-27-17(14)26-9-12)16-11(7-23)8-28-18(29-16)25-5-3-13-2-1-4-24-13;20-19(21,22)12-4-14-15(9-25-17(14)24-8-12)16-11(5-23)7-27-18(28-16)26-6-10-1-2-13(29)3-10;1-9(8-27-2)25-16-24-5-10(4-21)14(26-16)13-7-23-15-12(13)3-11(6-22-15)17(18,19)20;1-3-9(2)25-16-24-6-10(5-21)14(26-16)13-8-23-15-12(13)4-11(7-22-15)17(18,19)20/h3-6,8-11H,1-2H3,(H,28,29)(H,30,31,32);6,8-10,13,24H,1-5H2,(H,26,27)(H,25,28,29);4,7-10,13,29H,1-3,6H2,(H,24,25)(H,26,27,28);3,5-7,9H,8H2,1-2H3,(H,22,23)(H,24,25,26);4,6-9H,3H2,1-2H3,(H,22,23)(H,24,25,26)/t;;10?,13-;;9-/m..1.1/s1. The van der Waals surface area contributed by atoms with Crippen LogP contribution in [0.25, 0.3) is 111 Å². The number of hydrogen-bond acceptors (Lipinski definition) is 29. The van der Waals surface area contributed by atoms with Gasteiger partial charge in [0.1, 0.15) is 64.3 Å². The second-order valence-corrected chi connectivity index (χ2v) is 33.3. The van der Waals surface area contributed by atoms with Crippen LogP contribution >= 0.6 is 11.6 Å². The number of rotatable bonds is 23. The van der Waals surface area contributed by atoms with Gasteiger partial charge in [0, 0.05) is 155 Å². The van der Waals surface area contributed by atoms with E-state index < -0.39 is 58.7 Å². The maximum atomic E-state index is 13.2. The van der Waals surface area contributed by atoms with Gasteiger partial charge in [-0.15, -0.1) is 0 Å². The zero-order chi connectivity index (χ0) is 103. The predicted molar refractivity (Wildman–Crippen MR) is 499 cm³/mol. The summed E-state index contributed by atoms with van der Waals surface area (Å²) in [5, 5.41) is 77.1. The van der Waals surface area contributed by atoms with Gasteiger partial charge in [0.15, 0.2) is 0 Å². The van der Waals surface area contributed by atoms with Gasteiger partial charge in [0.2, 0.25) is 29.7 Å². The predicted octanol–water partition coefficient (Wildman–Crippen LogP) is 20.2. The highest BCUT2D eigenvalue weighted by Gasteiger charge is 2.38. The van der Waals surface area contributed by atoms with Gasteiger partial charge in [0.25, 0.3) is 0 Å². The monoisotopic (exact) mass is 2010 g/mol. The molecule has 1 aliphatic heterocycles. The number of aromatic amines is 5. The molecule has 34 nitrogen and oxygen atoms in total. The van der Waals surface area contributed by atoms with Crippen LogP contribution in [0.5, 0.6) is 5.75 Å². The molecule has 0 radical (unpaired) electrons. The van der Waals surface area contributed by atoms with Crippen LogP contribution in [0.1, 0.15) is 140 Å². The lowest BCUT2D eigenvalue weighted by Crippen LogP contribution is -2.24. The molecule has 50 heteroatoms. The van der Waals surface area contributed by atoms with Crippen molar-refractivity contribution < 1.29 is 80.4 Å². The first-order chi connectivity index (χ1) is 68.7. The van der Waals surface area contributed by atoms with E-state index in [2.05, 4.69) is 132 Å². The summed E-state index contributed by atoms with van der Waals surface area (Å²) in [5.41, 5.74) is 1.41. The van der Waals surface area contributed by atoms with Crippen LogP contribution in [-0.4, -0.2) is 169 Å². The van der Waals surface area contributed by atoms with E-state index in [0.29, 0.717) is 88.6 Å². The van der Waals surface area contributed by atoms with Gasteiger partial charge in [-0.2, -0.15) is 92.2 Å².